The molecule has 0 spiro atoms. The van der Waals surface area contributed by atoms with Crippen LogP contribution in [-0.2, 0) is 24.4 Å². The zero-order chi connectivity index (χ0) is 14.4. The topological polar surface area (TPSA) is 82.1 Å². The molecule has 2 aromatic rings. The maximum atomic E-state index is 5.85. The Morgan fingerprint density at radius 2 is 2.25 bits per heavy atom. The van der Waals surface area contributed by atoms with E-state index in [4.69, 9.17) is 10.5 Å². The summed E-state index contributed by atoms with van der Waals surface area (Å²) in [6.45, 7) is 2.81. The molecule has 7 heteroatoms. The highest BCUT2D eigenvalue weighted by molar-refractivity contribution is 5.38. The van der Waals surface area contributed by atoms with E-state index in [-0.39, 0.29) is 0 Å². The number of anilines is 1. The molecule has 0 saturated carbocycles. The summed E-state index contributed by atoms with van der Waals surface area (Å²) in [4.78, 5) is 6.21. The molecule has 0 radical (unpaired) electrons. The minimum atomic E-state index is 0.570. The van der Waals surface area contributed by atoms with Gasteiger partial charge in [0.15, 0.2) is 0 Å². The van der Waals surface area contributed by atoms with Crippen molar-refractivity contribution in [2.45, 2.75) is 19.6 Å². The first kappa shape index (κ1) is 14.4. The van der Waals surface area contributed by atoms with Crippen LogP contribution in [-0.4, -0.2) is 45.4 Å². The molecule has 0 aliphatic heterocycles. The maximum absolute atomic E-state index is 5.85. The van der Waals surface area contributed by atoms with Crippen molar-refractivity contribution < 1.29 is 4.74 Å². The van der Waals surface area contributed by atoms with Crippen molar-refractivity contribution in [3.8, 4) is 0 Å². The van der Waals surface area contributed by atoms with Gasteiger partial charge in [0, 0.05) is 32.0 Å². The average molecular weight is 276 g/mol. The highest BCUT2D eigenvalue weighted by atomic mass is 16.5. The molecule has 20 heavy (non-hydrogen) atoms. The molecular formula is C13H20N6O. The van der Waals surface area contributed by atoms with E-state index in [1.165, 1.54) is 0 Å². The molecule has 0 aliphatic carbocycles. The van der Waals surface area contributed by atoms with E-state index in [1.54, 1.807) is 19.6 Å². The number of pyridine rings is 1. The van der Waals surface area contributed by atoms with E-state index in [0.717, 1.165) is 24.5 Å². The molecule has 2 heterocycles. The van der Waals surface area contributed by atoms with Crippen molar-refractivity contribution in [1.29, 1.82) is 0 Å². The van der Waals surface area contributed by atoms with E-state index in [9.17, 15) is 0 Å². The van der Waals surface area contributed by atoms with Crippen LogP contribution >= 0.6 is 0 Å². The van der Waals surface area contributed by atoms with Crippen molar-refractivity contribution in [1.82, 2.24) is 24.6 Å². The van der Waals surface area contributed by atoms with Gasteiger partial charge in [-0.15, -0.1) is 10.2 Å². The lowest BCUT2D eigenvalue weighted by atomic mass is 10.2. The molecule has 0 amide bonds. The first-order valence-electron chi connectivity index (χ1n) is 6.44. The molecule has 0 bridgehead atoms. The number of methoxy groups -OCH3 is 1. The fourth-order valence-electron chi connectivity index (χ4n) is 1.95. The number of nitrogens with two attached hydrogens (primary N) is 1. The van der Waals surface area contributed by atoms with E-state index in [2.05, 4.69) is 20.1 Å². The summed E-state index contributed by atoms with van der Waals surface area (Å²) >= 11 is 0. The lowest BCUT2D eigenvalue weighted by Gasteiger charge is -2.17. The van der Waals surface area contributed by atoms with E-state index < -0.39 is 0 Å². The number of nitrogen functional groups attached to an aromatic ring is 1. The Morgan fingerprint density at radius 1 is 1.40 bits per heavy atom. The van der Waals surface area contributed by atoms with Crippen LogP contribution in [0.2, 0.25) is 0 Å². The summed E-state index contributed by atoms with van der Waals surface area (Å²) in [5.41, 5.74) is 6.86. The number of hydrogen-bond acceptors (Lipinski definition) is 6. The fraction of sp³-hybridized carbons (Fsp3) is 0.462. The normalized spacial score (nSPS) is 11.2. The molecule has 0 atom stereocenters. The van der Waals surface area contributed by atoms with Gasteiger partial charge < -0.3 is 15.0 Å². The first-order chi connectivity index (χ1) is 9.70. The van der Waals surface area contributed by atoms with Crippen molar-refractivity contribution >= 4 is 5.82 Å². The highest BCUT2D eigenvalue weighted by Gasteiger charge is 2.09. The molecule has 2 N–H and O–H groups in total. The number of rotatable bonds is 7. The predicted octanol–water partition coefficient (Wildman–Crippen LogP) is 0.534. The molecule has 0 aromatic carbocycles. The smallest absolute Gasteiger partial charge is 0.147 e. The molecule has 0 aliphatic rings. The van der Waals surface area contributed by atoms with Crippen LogP contribution < -0.4 is 5.73 Å². The largest absolute Gasteiger partial charge is 0.383 e. The second-order valence-corrected chi connectivity index (χ2v) is 4.65. The van der Waals surface area contributed by atoms with E-state index >= 15 is 0 Å². The van der Waals surface area contributed by atoms with Crippen molar-refractivity contribution in [3.63, 3.8) is 0 Å². The van der Waals surface area contributed by atoms with Crippen LogP contribution in [0.5, 0.6) is 0 Å². The highest BCUT2D eigenvalue weighted by Crippen LogP contribution is 2.11. The number of hydrogen-bond donors (Lipinski definition) is 1. The second-order valence-electron chi connectivity index (χ2n) is 4.65. The number of nitrogens with zero attached hydrogens (tertiary/aromatic N) is 5. The minimum absolute atomic E-state index is 0.570. The molecule has 2 rings (SSSR count). The van der Waals surface area contributed by atoms with Gasteiger partial charge in [-0.25, -0.2) is 4.98 Å². The lowest BCUT2D eigenvalue weighted by Crippen LogP contribution is -2.21. The van der Waals surface area contributed by atoms with E-state index in [1.807, 2.05) is 23.7 Å². The van der Waals surface area contributed by atoms with Gasteiger partial charge in [-0.3, -0.25) is 4.90 Å². The summed E-state index contributed by atoms with van der Waals surface area (Å²) in [6.07, 6.45) is 3.42. The Hall–Kier alpha value is -1.99. The van der Waals surface area contributed by atoms with Gasteiger partial charge in [-0.05, 0) is 13.1 Å². The number of ether oxygens (including phenoxy) is 1. The van der Waals surface area contributed by atoms with Crippen molar-refractivity contribution in [2.75, 3.05) is 26.5 Å². The first-order valence-corrected chi connectivity index (χ1v) is 6.44. The summed E-state index contributed by atoms with van der Waals surface area (Å²) < 4.78 is 7.06. The monoisotopic (exact) mass is 276 g/mol. The van der Waals surface area contributed by atoms with Crippen LogP contribution in [0.3, 0.4) is 0 Å². The standard InChI is InChI=1S/C13H20N6O/c1-18(8-11-4-3-5-15-13(11)14)9-12-17-16-10-19(12)6-7-20-2/h3-5,10H,6-9H2,1-2H3,(H2,14,15). The van der Waals surface area contributed by atoms with Crippen LogP contribution in [0.15, 0.2) is 24.7 Å². The van der Waals surface area contributed by atoms with Gasteiger partial charge in [-0.2, -0.15) is 0 Å². The van der Waals surface area contributed by atoms with Crippen molar-refractivity contribution in [3.05, 3.63) is 36.0 Å². The summed E-state index contributed by atoms with van der Waals surface area (Å²) in [5.74, 6) is 1.48. The Kier molecular flexibility index (Phi) is 5.03. The zero-order valence-corrected chi connectivity index (χ0v) is 11.9. The third kappa shape index (κ3) is 3.75. The zero-order valence-electron chi connectivity index (χ0n) is 11.9. The average Bonchev–Trinajstić information content (AvgIpc) is 2.86. The number of aromatic nitrogens is 4. The van der Waals surface area contributed by atoms with Gasteiger partial charge in [0.05, 0.1) is 13.2 Å². The van der Waals surface area contributed by atoms with E-state index in [0.29, 0.717) is 19.0 Å². The predicted molar refractivity (Wildman–Crippen MR) is 75.7 cm³/mol. The van der Waals surface area contributed by atoms with Crippen LogP contribution in [0.4, 0.5) is 5.82 Å². The summed E-state index contributed by atoms with van der Waals surface area (Å²) in [5, 5.41) is 8.09. The Balaban J connectivity index is 1.96. The SMILES string of the molecule is COCCn1cnnc1CN(C)Cc1cccnc1N. The maximum Gasteiger partial charge on any atom is 0.147 e. The summed E-state index contributed by atoms with van der Waals surface area (Å²) in [7, 11) is 3.70. The van der Waals surface area contributed by atoms with Crippen LogP contribution in [0.25, 0.3) is 0 Å². The van der Waals surface area contributed by atoms with Gasteiger partial charge in [0.1, 0.15) is 18.0 Å². The third-order valence-corrected chi connectivity index (χ3v) is 3.01. The van der Waals surface area contributed by atoms with Crippen LogP contribution in [0.1, 0.15) is 11.4 Å². The Bertz CT molecular complexity index is 541. The molecular weight excluding hydrogens is 256 g/mol. The Labute approximate surface area is 118 Å². The van der Waals surface area contributed by atoms with Crippen LogP contribution in [0, 0.1) is 0 Å². The van der Waals surface area contributed by atoms with Crippen molar-refractivity contribution in [2.24, 2.45) is 0 Å². The third-order valence-electron chi connectivity index (χ3n) is 3.01. The second kappa shape index (κ2) is 6.97. The molecule has 0 fully saturated rings. The lowest BCUT2D eigenvalue weighted by molar-refractivity contribution is 0.184. The quantitative estimate of drug-likeness (QED) is 0.794. The van der Waals surface area contributed by atoms with Gasteiger partial charge in [0.25, 0.3) is 0 Å². The van der Waals surface area contributed by atoms with Gasteiger partial charge in [0.2, 0.25) is 0 Å². The summed E-state index contributed by atoms with van der Waals surface area (Å²) in [6, 6.07) is 3.87. The molecule has 108 valence electrons. The van der Waals surface area contributed by atoms with Gasteiger partial charge >= 0.3 is 0 Å². The minimum Gasteiger partial charge on any atom is -0.383 e. The Morgan fingerprint density at radius 3 is 3.00 bits per heavy atom. The molecule has 7 nitrogen and oxygen atoms in total. The van der Waals surface area contributed by atoms with Gasteiger partial charge in [-0.1, -0.05) is 6.07 Å². The molecule has 2 aromatic heterocycles. The fourth-order valence-corrected chi connectivity index (χ4v) is 1.95. The molecule has 0 saturated heterocycles. The molecule has 0 unspecified atom stereocenters.